The Balaban J connectivity index is 1.65. The second-order valence-electron chi connectivity index (χ2n) is 7.00. The Labute approximate surface area is 148 Å². The zero-order chi connectivity index (χ0) is 16.8. The lowest BCUT2D eigenvalue weighted by molar-refractivity contribution is 0.406. The number of hydrogen-bond donors (Lipinski definition) is 1. The van der Waals surface area contributed by atoms with Gasteiger partial charge in [-0.05, 0) is 52.4 Å². The molecule has 0 bridgehead atoms. The van der Waals surface area contributed by atoms with E-state index in [-0.39, 0.29) is 0 Å². The van der Waals surface area contributed by atoms with Crippen molar-refractivity contribution in [2.75, 3.05) is 12.4 Å². The van der Waals surface area contributed by atoms with Crippen LogP contribution < -0.4 is 10.1 Å². The molecule has 2 heteroatoms. The van der Waals surface area contributed by atoms with Crippen molar-refractivity contribution in [1.29, 1.82) is 0 Å². The van der Waals surface area contributed by atoms with E-state index in [4.69, 9.17) is 4.74 Å². The fourth-order valence-electron chi connectivity index (χ4n) is 4.53. The molecule has 3 atom stereocenters. The van der Waals surface area contributed by atoms with Crippen molar-refractivity contribution in [3.05, 3.63) is 83.9 Å². The minimum absolute atomic E-state index is 0.326. The molecule has 0 unspecified atom stereocenters. The first kappa shape index (κ1) is 14.6. The van der Waals surface area contributed by atoms with Gasteiger partial charge in [0.15, 0.2) is 0 Å². The summed E-state index contributed by atoms with van der Waals surface area (Å²) in [5, 5.41) is 6.49. The summed E-state index contributed by atoms with van der Waals surface area (Å²) in [5.74, 6) is 1.93. The van der Waals surface area contributed by atoms with Gasteiger partial charge in [0.05, 0.1) is 13.2 Å². The van der Waals surface area contributed by atoms with Crippen LogP contribution in [0.15, 0.2) is 72.8 Å². The van der Waals surface area contributed by atoms with Crippen LogP contribution >= 0.6 is 0 Å². The van der Waals surface area contributed by atoms with E-state index in [1.54, 1.807) is 7.11 Å². The Morgan fingerprint density at radius 3 is 2.76 bits per heavy atom. The van der Waals surface area contributed by atoms with Crippen LogP contribution in [0.2, 0.25) is 0 Å². The molecule has 0 saturated carbocycles. The fraction of sp³-hybridized carbons (Fsp3) is 0.217. The van der Waals surface area contributed by atoms with E-state index in [0.717, 1.165) is 12.2 Å². The number of rotatable bonds is 2. The molecular weight excluding hydrogens is 306 g/mol. The van der Waals surface area contributed by atoms with Gasteiger partial charge in [-0.1, -0.05) is 54.6 Å². The molecule has 2 aliphatic rings. The van der Waals surface area contributed by atoms with Gasteiger partial charge >= 0.3 is 0 Å². The number of fused-ring (bicyclic) bond motifs is 4. The Kier molecular flexibility index (Phi) is 3.30. The predicted octanol–water partition coefficient (Wildman–Crippen LogP) is 5.67. The van der Waals surface area contributed by atoms with E-state index in [9.17, 15) is 0 Å². The third-order valence-electron chi connectivity index (χ3n) is 5.73. The molecule has 5 rings (SSSR count). The second kappa shape index (κ2) is 5.66. The van der Waals surface area contributed by atoms with Gasteiger partial charge in [-0.25, -0.2) is 0 Å². The normalized spacial score (nSPS) is 23.8. The quantitative estimate of drug-likeness (QED) is 0.612. The number of allylic oxidation sites excluding steroid dienone is 2. The number of methoxy groups -OCH3 is 1. The van der Waals surface area contributed by atoms with E-state index in [0.29, 0.717) is 17.9 Å². The predicted molar refractivity (Wildman–Crippen MR) is 103 cm³/mol. The van der Waals surface area contributed by atoms with Gasteiger partial charge in [0.2, 0.25) is 0 Å². The van der Waals surface area contributed by atoms with E-state index < -0.39 is 0 Å². The molecule has 1 heterocycles. The molecule has 0 amide bonds. The highest BCUT2D eigenvalue weighted by Crippen LogP contribution is 2.51. The summed E-state index contributed by atoms with van der Waals surface area (Å²) in [5.41, 5.74) is 3.99. The molecular formula is C23H21NO. The van der Waals surface area contributed by atoms with Gasteiger partial charge in [0.25, 0.3) is 0 Å². The monoisotopic (exact) mass is 327 g/mol. The maximum atomic E-state index is 5.45. The molecule has 0 fully saturated rings. The fourth-order valence-corrected chi connectivity index (χ4v) is 4.53. The SMILES string of the molecule is COc1ccc2c(c1)[C@H]1C=CC[C@H]1[C@@H](c1cccc3ccccc13)N2. The largest absolute Gasteiger partial charge is 0.497 e. The van der Waals surface area contributed by atoms with Crippen LogP contribution in [0.25, 0.3) is 10.8 Å². The second-order valence-corrected chi connectivity index (χ2v) is 7.00. The summed E-state index contributed by atoms with van der Waals surface area (Å²) in [7, 11) is 1.73. The highest BCUT2D eigenvalue weighted by molar-refractivity contribution is 5.86. The van der Waals surface area contributed by atoms with Crippen molar-refractivity contribution in [1.82, 2.24) is 0 Å². The average Bonchev–Trinajstić information content (AvgIpc) is 3.17. The number of hydrogen-bond acceptors (Lipinski definition) is 2. The molecule has 0 saturated heterocycles. The summed E-state index contributed by atoms with van der Waals surface area (Å²) >= 11 is 0. The average molecular weight is 327 g/mol. The Morgan fingerprint density at radius 1 is 0.960 bits per heavy atom. The van der Waals surface area contributed by atoms with E-state index in [1.807, 2.05) is 6.07 Å². The van der Waals surface area contributed by atoms with Crippen molar-refractivity contribution < 1.29 is 4.74 Å². The van der Waals surface area contributed by atoms with Crippen LogP contribution in [0.5, 0.6) is 5.75 Å². The maximum absolute atomic E-state index is 5.45. The molecule has 25 heavy (non-hydrogen) atoms. The highest BCUT2D eigenvalue weighted by atomic mass is 16.5. The van der Waals surface area contributed by atoms with Gasteiger partial charge in [-0.3, -0.25) is 0 Å². The summed E-state index contributed by atoms with van der Waals surface area (Å²) in [4.78, 5) is 0. The number of benzene rings is 3. The zero-order valence-electron chi connectivity index (χ0n) is 14.3. The van der Waals surface area contributed by atoms with Gasteiger partial charge < -0.3 is 10.1 Å². The Morgan fingerprint density at radius 2 is 1.84 bits per heavy atom. The first-order valence-electron chi connectivity index (χ1n) is 8.94. The van der Waals surface area contributed by atoms with Crippen molar-refractivity contribution in [3.63, 3.8) is 0 Å². The van der Waals surface area contributed by atoms with Crippen LogP contribution in [0, 0.1) is 5.92 Å². The van der Waals surface area contributed by atoms with Crippen LogP contribution in [0.3, 0.4) is 0 Å². The number of ether oxygens (including phenoxy) is 1. The molecule has 3 aromatic rings. The molecule has 0 aromatic heterocycles. The lowest BCUT2D eigenvalue weighted by Crippen LogP contribution is -2.29. The third-order valence-corrected chi connectivity index (χ3v) is 5.73. The summed E-state index contributed by atoms with van der Waals surface area (Å²) in [6.45, 7) is 0. The van der Waals surface area contributed by atoms with Crippen molar-refractivity contribution >= 4 is 16.5 Å². The van der Waals surface area contributed by atoms with Crippen molar-refractivity contribution in [2.24, 2.45) is 5.92 Å². The van der Waals surface area contributed by atoms with Gasteiger partial charge in [0, 0.05) is 11.6 Å². The topological polar surface area (TPSA) is 21.3 Å². The maximum Gasteiger partial charge on any atom is 0.119 e. The number of nitrogens with one attached hydrogen (secondary N) is 1. The first-order valence-corrected chi connectivity index (χ1v) is 8.94. The molecule has 124 valence electrons. The molecule has 1 aliphatic carbocycles. The highest BCUT2D eigenvalue weighted by Gasteiger charge is 2.38. The van der Waals surface area contributed by atoms with Crippen molar-refractivity contribution in [3.8, 4) is 5.75 Å². The van der Waals surface area contributed by atoms with Crippen LogP contribution in [0.1, 0.15) is 29.5 Å². The molecule has 0 spiro atoms. The molecule has 0 radical (unpaired) electrons. The third kappa shape index (κ3) is 2.25. The van der Waals surface area contributed by atoms with E-state index >= 15 is 0 Å². The lowest BCUT2D eigenvalue weighted by Gasteiger charge is -2.38. The minimum Gasteiger partial charge on any atom is -0.497 e. The first-order chi connectivity index (χ1) is 12.3. The smallest absolute Gasteiger partial charge is 0.119 e. The standard InChI is InChI=1S/C23H21NO/c1-25-16-12-13-22-21(14-16)18-9-5-11-20(18)23(24-22)19-10-4-7-15-6-2-3-8-17(15)19/h2-10,12-14,18,20,23-24H,11H2,1H3/t18-,20+,23+/m0/s1. The van der Waals surface area contributed by atoms with Crippen LogP contribution in [0.4, 0.5) is 5.69 Å². The summed E-state index contributed by atoms with van der Waals surface area (Å²) in [6.07, 6.45) is 5.83. The lowest BCUT2D eigenvalue weighted by atomic mass is 9.76. The summed E-state index contributed by atoms with van der Waals surface area (Å²) in [6, 6.07) is 22.1. The molecule has 1 aliphatic heterocycles. The van der Waals surface area contributed by atoms with Crippen LogP contribution in [-0.2, 0) is 0 Å². The van der Waals surface area contributed by atoms with Gasteiger partial charge in [0.1, 0.15) is 5.75 Å². The minimum atomic E-state index is 0.326. The Bertz CT molecular complexity index is 969. The number of anilines is 1. The van der Waals surface area contributed by atoms with Crippen LogP contribution in [-0.4, -0.2) is 7.11 Å². The van der Waals surface area contributed by atoms with Gasteiger partial charge in [-0.2, -0.15) is 0 Å². The van der Waals surface area contributed by atoms with Crippen molar-refractivity contribution in [2.45, 2.75) is 18.4 Å². The zero-order valence-corrected chi connectivity index (χ0v) is 14.3. The summed E-state index contributed by atoms with van der Waals surface area (Å²) < 4.78 is 5.45. The molecule has 3 aromatic carbocycles. The Hall–Kier alpha value is -2.74. The van der Waals surface area contributed by atoms with E-state index in [1.165, 1.54) is 27.6 Å². The van der Waals surface area contributed by atoms with E-state index in [2.05, 4.69) is 72.1 Å². The van der Waals surface area contributed by atoms with Gasteiger partial charge in [-0.15, -0.1) is 0 Å². The molecule has 1 N–H and O–H groups in total. The molecule has 2 nitrogen and oxygen atoms in total.